The van der Waals surface area contributed by atoms with Crippen molar-refractivity contribution in [3.63, 3.8) is 0 Å². The van der Waals surface area contributed by atoms with Gasteiger partial charge in [0, 0.05) is 10.8 Å². The molecule has 78 heavy (non-hydrogen) atoms. The monoisotopic (exact) mass is 1120 g/mol. The topological polar surface area (TPSA) is 398 Å². The lowest BCUT2D eigenvalue weighted by atomic mass is 9.38. The Labute approximate surface area is 455 Å². The van der Waals surface area contributed by atoms with E-state index in [-0.39, 0.29) is 34.5 Å². The largest absolute Gasteiger partial charge is 0.394 e. The SMILES string of the molecule is C[C@H](CC[C@@H](O[C@@H]1O[C@H](CO[C@@H]2O[C@H](CO)[C@@H](O)[C@H](O)[C@H]2O)[C@@H](O)[C@H](O)[C@H]1O)C(C)(C)O)[C@H]1CC[C@@]2(C)[C@@H]3CC=C4[C@@H](CC[C@H](O[C@@H]5O[C@H](CO[C@@H]6O[C@H](CO)[C@@H](O)[C@H](O)[C@H]6O)[C@@H](O)[C@H](O)[C@H]5O)C4(C)C)[C@]3(C)[C@H](O)C[C@]12C. The minimum atomic E-state index is -1.77. The van der Waals surface area contributed by atoms with Gasteiger partial charge in [-0.05, 0) is 99.7 Å². The molecule has 3 saturated carbocycles. The lowest BCUT2D eigenvalue weighted by molar-refractivity contribution is -0.341. The molecule has 0 aromatic carbocycles. The van der Waals surface area contributed by atoms with E-state index in [0.717, 1.165) is 18.4 Å². The van der Waals surface area contributed by atoms with Crippen LogP contribution in [0.2, 0.25) is 0 Å². The van der Waals surface area contributed by atoms with Gasteiger partial charge in [-0.2, -0.15) is 0 Å². The van der Waals surface area contributed by atoms with Crippen molar-refractivity contribution >= 4 is 0 Å². The minimum absolute atomic E-state index is 0.0242. The van der Waals surface area contributed by atoms with Crippen molar-refractivity contribution in [2.45, 2.75) is 253 Å². The summed E-state index contributed by atoms with van der Waals surface area (Å²) in [6, 6.07) is 0. The third-order valence-electron chi connectivity index (χ3n) is 20.8. The Morgan fingerprint density at radius 2 is 1.04 bits per heavy atom. The number of ether oxygens (including phenoxy) is 8. The Balaban J connectivity index is 0.909. The molecule has 4 aliphatic carbocycles. The molecule has 4 aliphatic heterocycles. The summed E-state index contributed by atoms with van der Waals surface area (Å²) in [4.78, 5) is 0. The van der Waals surface area contributed by atoms with Crippen molar-refractivity contribution in [3.8, 4) is 0 Å². The lowest BCUT2D eigenvalue weighted by Crippen LogP contribution is -2.65. The van der Waals surface area contributed by atoms with Gasteiger partial charge in [0.2, 0.25) is 0 Å². The van der Waals surface area contributed by atoms with E-state index in [2.05, 4.69) is 47.6 Å². The van der Waals surface area contributed by atoms with Crippen LogP contribution in [0.25, 0.3) is 0 Å². The first kappa shape index (κ1) is 62.8. The van der Waals surface area contributed by atoms with E-state index in [1.54, 1.807) is 13.8 Å². The molecule has 0 spiro atoms. The van der Waals surface area contributed by atoms with E-state index in [1.807, 2.05) is 0 Å². The van der Waals surface area contributed by atoms with Crippen molar-refractivity contribution in [2.75, 3.05) is 26.4 Å². The zero-order valence-corrected chi connectivity index (χ0v) is 46.1. The van der Waals surface area contributed by atoms with Gasteiger partial charge >= 0.3 is 0 Å². The molecule has 0 unspecified atom stereocenters. The number of aliphatic hydroxyl groups excluding tert-OH is 15. The standard InChI is InChI=1S/C54H92O24/c1-22(9-13-33(51(4,5)70)78-49-45(69)41(65)37(61)29(76-49)21-72-47-43(67)39(63)35(59)27(19-56)74-47)23-15-16-52(6)30-12-10-24-25(54(30,8)31(57)17-53(23,52)7)11-14-32(50(24,2)3)77-48-44(68)40(64)36(60)28(75-48)20-71-46-42(66)38(62)34(58)26(18-55)73-46/h10,22-23,25-49,55-70H,9,11-21H2,1-8H3/t22-,23-,25-,26-,27-,28-,29-,30+,31-,32+,33-,34-,35-,36-,37-,38+,39+,40+,41+,42-,43-,44-,45-,46-,47-,48+,49+,52+,53-,54+/m1/s1. The molecule has 24 nitrogen and oxygen atoms in total. The van der Waals surface area contributed by atoms with Crippen molar-refractivity contribution in [3.05, 3.63) is 11.6 Å². The van der Waals surface area contributed by atoms with Crippen molar-refractivity contribution < 1.29 is 120 Å². The third-order valence-corrected chi connectivity index (χ3v) is 20.8. The van der Waals surface area contributed by atoms with Crippen LogP contribution in [0.3, 0.4) is 0 Å². The number of rotatable bonds is 17. The summed E-state index contributed by atoms with van der Waals surface area (Å²) in [6.07, 6.45) is -26.2. The van der Waals surface area contributed by atoms with Crippen LogP contribution in [-0.2, 0) is 37.9 Å². The predicted octanol–water partition coefficient (Wildman–Crippen LogP) is -3.23. The molecule has 452 valence electrons. The van der Waals surface area contributed by atoms with Gasteiger partial charge in [0.25, 0.3) is 0 Å². The summed E-state index contributed by atoms with van der Waals surface area (Å²) in [5.41, 5.74) is -2.02. The molecule has 24 heteroatoms. The van der Waals surface area contributed by atoms with Gasteiger partial charge in [-0.1, -0.05) is 53.2 Å². The number of aliphatic hydroxyl groups is 16. The summed E-state index contributed by atoms with van der Waals surface area (Å²) in [6.45, 7) is 13.9. The normalized spacial score (nSPS) is 51.4. The molecule has 0 radical (unpaired) electrons. The van der Waals surface area contributed by atoms with Crippen LogP contribution in [0, 0.1) is 45.3 Å². The summed E-state index contributed by atoms with van der Waals surface area (Å²) in [5.74, 6) is 0.307. The molecule has 4 saturated heterocycles. The summed E-state index contributed by atoms with van der Waals surface area (Å²) >= 11 is 0. The molecular formula is C54H92O24. The molecule has 0 aromatic rings. The second-order valence-electron chi connectivity index (χ2n) is 25.9. The van der Waals surface area contributed by atoms with Crippen LogP contribution >= 0.6 is 0 Å². The van der Waals surface area contributed by atoms with Crippen LogP contribution in [0.5, 0.6) is 0 Å². The van der Waals surface area contributed by atoms with Crippen LogP contribution < -0.4 is 0 Å². The Bertz CT molecular complexity index is 2030. The highest BCUT2D eigenvalue weighted by atomic mass is 16.7. The van der Waals surface area contributed by atoms with Gasteiger partial charge in [-0.25, -0.2) is 0 Å². The van der Waals surface area contributed by atoms with Crippen LogP contribution in [0.4, 0.5) is 0 Å². The number of fused-ring (bicyclic) bond motifs is 5. The molecule has 8 rings (SSSR count). The third kappa shape index (κ3) is 11.1. The van der Waals surface area contributed by atoms with Crippen LogP contribution in [0.15, 0.2) is 11.6 Å². The molecule has 30 atom stereocenters. The highest BCUT2D eigenvalue weighted by Gasteiger charge is 2.70. The zero-order chi connectivity index (χ0) is 57.5. The lowest BCUT2D eigenvalue weighted by Gasteiger charge is -2.67. The molecule has 7 fully saturated rings. The Morgan fingerprint density at radius 1 is 0.577 bits per heavy atom. The fourth-order valence-electron chi connectivity index (χ4n) is 15.5. The van der Waals surface area contributed by atoms with Crippen LogP contribution in [-0.4, -0.2) is 255 Å². The zero-order valence-electron chi connectivity index (χ0n) is 46.1. The second-order valence-corrected chi connectivity index (χ2v) is 25.9. The Morgan fingerprint density at radius 3 is 1.54 bits per heavy atom. The maximum absolute atomic E-state index is 12.7. The van der Waals surface area contributed by atoms with Crippen molar-refractivity contribution in [1.29, 1.82) is 0 Å². The Hall–Kier alpha value is -1.22. The van der Waals surface area contributed by atoms with Crippen molar-refractivity contribution in [2.24, 2.45) is 45.3 Å². The first-order chi connectivity index (χ1) is 36.4. The van der Waals surface area contributed by atoms with E-state index in [0.29, 0.717) is 38.5 Å². The van der Waals surface area contributed by atoms with Gasteiger partial charge in [0.05, 0.1) is 50.3 Å². The second kappa shape index (κ2) is 23.7. The number of allylic oxidation sites excluding steroid dienone is 1. The number of hydrogen-bond acceptors (Lipinski definition) is 24. The molecule has 0 aromatic heterocycles. The van der Waals surface area contributed by atoms with E-state index in [4.69, 9.17) is 37.9 Å². The molecule has 0 amide bonds. The predicted molar refractivity (Wildman–Crippen MR) is 268 cm³/mol. The van der Waals surface area contributed by atoms with E-state index in [9.17, 15) is 81.7 Å². The van der Waals surface area contributed by atoms with Gasteiger partial charge in [0.1, 0.15) is 97.7 Å². The molecule has 16 N–H and O–H groups in total. The Kier molecular flexibility index (Phi) is 19.1. The quantitative estimate of drug-likeness (QED) is 0.0637. The molecule has 0 bridgehead atoms. The maximum Gasteiger partial charge on any atom is 0.187 e. The van der Waals surface area contributed by atoms with Crippen molar-refractivity contribution in [1.82, 2.24) is 0 Å². The minimum Gasteiger partial charge on any atom is -0.394 e. The first-order valence-electron chi connectivity index (χ1n) is 28.0. The summed E-state index contributed by atoms with van der Waals surface area (Å²) in [5, 5.41) is 171. The highest BCUT2D eigenvalue weighted by Crippen LogP contribution is 2.75. The van der Waals surface area contributed by atoms with Gasteiger partial charge in [-0.15, -0.1) is 0 Å². The number of hydrogen-bond donors (Lipinski definition) is 16. The summed E-state index contributed by atoms with van der Waals surface area (Å²) < 4.78 is 46.9. The van der Waals surface area contributed by atoms with E-state index >= 15 is 0 Å². The van der Waals surface area contributed by atoms with Gasteiger partial charge in [0.15, 0.2) is 25.2 Å². The highest BCUT2D eigenvalue weighted by molar-refractivity contribution is 5.32. The molecular weight excluding hydrogens is 1030 g/mol. The van der Waals surface area contributed by atoms with E-state index in [1.165, 1.54) is 0 Å². The molecule has 4 heterocycles. The van der Waals surface area contributed by atoms with Gasteiger partial charge in [-0.3, -0.25) is 0 Å². The maximum atomic E-state index is 12.7. The van der Waals surface area contributed by atoms with Gasteiger partial charge < -0.3 is 120 Å². The smallest absolute Gasteiger partial charge is 0.187 e. The fourth-order valence-corrected chi connectivity index (χ4v) is 15.5. The fraction of sp³-hybridized carbons (Fsp3) is 0.963. The first-order valence-corrected chi connectivity index (χ1v) is 28.0. The average Bonchev–Trinajstić information content (AvgIpc) is 2.95. The molecule has 8 aliphatic rings. The average molecular weight is 1130 g/mol. The summed E-state index contributed by atoms with van der Waals surface area (Å²) in [7, 11) is 0. The van der Waals surface area contributed by atoms with E-state index < -0.39 is 184 Å². The van der Waals surface area contributed by atoms with Crippen LogP contribution in [0.1, 0.15) is 107 Å².